The van der Waals surface area contributed by atoms with Gasteiger partial charge in [0.2, 0.25) is 0 Å². The van der Waals surface area contributed by atoms with Gasteiger partial charge in [-0.2, -0.15) is 0 Å². The summed E-state index contributed by atoms with van der Waals surface area (Å²) in [5.74, 6) is 6.42. The SMILES string of the molecule is C[C@H](O)c1nccn1Cc1cc(-c2ccc(C#Cc3ccc(C(=O)CCCC(=O)O)cc3)cc2)on1. The fraction of sp³-hybridized carbons (Fsp3) is 0.214. The average Bonchev–Trinajstić information content (AvgIpc) is 3.53. The first kappa shape index (κ1) is 24.6. The predicted molar refractivity (Wildman–Crippen MR) is 132 cm³/mol. The number of rotatable bonds is 9. The lowest BCUT2D eigenvalue weighted by atomic mass is 10.0. The number of benzene rings is 2. The highest BCUT2D eigenvalue weighted by atomic mass is 16.5. The van der Waals surface area contributed by atoms with Gasteiger partial charge in [-0.3, -0.25) is 9.59 Å². The van der Waals surface area contributed by atoms with Crippen LogP contribution in [-0.2, 0) is 11.3 Å². The van der Waals surface area contributed by atoms with Crippen LogP contribution >= 0.6 is 0 Å². The van der Waals surface area contributed by atoms with Gasteiger partial charge in [-0.1, -0.05) is 29.1 Å². The molecule has 0 radical (unpaired) electrons. The summed E-state index contributed by atoms with van der Waals surface area (Å²) in [5, 5.41) is 22.6. The van der Waals surface area contributed by atoms with E-state index in [1.807, 2.05) is 34.9 Å². The molecule has 8 nitrogen and oxygen atoms in total. The zero-order chi connectivity index (χ0) is 25.5. The molecule has 0 fully saturated rings. The fourth-order valence-corrected chi connectivity index (χ4v) is 3.67. The molecule has 0 bridgehead atoms. The van der Waals surface area contributed by atoms with Crippen LogP contribution in [0, 0.1) is 11.8 Å². The third-order valence-electron chi connectivity index (χ3n) is 5.53. The molecule has 8 heteroatoms. The van der Waals surface area contributed by atoms with Crippen molar-refractivity contribution in [2.45, 2.75) is 38.8 Å². The van der Waals surface area contributed by atoms with E-state index in [0.717, 1.165) is 22.4 Å². The van der Waals surface area contributed by atoms with Crippen LogP contribution in [0.1, 0.15) is 65.3 Å². The highest BCUT2D eigenvalue weighted by molar-refractivity contribution is 5.96. The van der Waals surface area contributed by atoms with Gasteiger partial charge in [-0.15, -0.1) is 0 Å². The van der Waals surface area contributed by atoms with Gasteiger partial charge < -0.3 is 19.3 Å². The number of imidazole rings is 1. The number of aliphatic hydroxyl groups is 1. The topological polar surface area (TPSA) is 118 Å². The maximum absolute atomic E-state index is 12.1. The van der Waals surface area contributed by atoms with E-state index in [2.05, 4.69) is 22.0 Å². The smallest absolute Gasteiger partial charge is 0.303 e. The van der Waals surface area contributed by atoms with Crippen molar-refractivity contribution in [1.82, 2.24) is 14.7 Å². The van der Waals surface area contributed by atoms with Crippen molar-refractivity contribution < 1.29 is 24.3 Å². The summed E-state index contributed by atoms with van der Waals surface area (Å²) < 4.78 is 7.32. The molecule has 2 aromatic carbocycles. The lowest BCUT2D eigenvalue weighted by Gasteiger charge is -2.07. The largest absolute Gasteiger partial charge is 0.481 e. The van der Waals surface area contributed by atoms with E-state index >= 15 is 0 Å². The molecule has 0 spiro atoms. The number of hydrogen-bond donors (Lipinski definition) is 2. The van der Waals surface area contributed by atoms with Gasteiger partial charge in [0, 0.05) is 53.6 Å². The fourth-order valence-electron chi connectivity index (χ4n) is 3.67. The van der Waals surface area contributed by atoms with Crippen molar-refractivity contribution in [2.75, 3.05) is 0 Å². The standard InChI is InChI=1S/C28H25N3O5/c1-19(32)28-29-15-16-31(28)18-24-17-26(36-30-24)23-13-9-21(10-14-23)6-5-20-7-11-22(12-8-20)25(33)3-2-4-27(34)35/h7-17,19,32H,2-4,18H2,1H3,(H,34,35)/t19-/m0/s1. The van der Waals surface area contributed by atoms with Crippen molar-refractivity contribution in [3.63, 3.8) is 0 Å². The first-order chi connectivity index (χ1) is 17.4. The van der Waals surface area contributed by atoms with Crippen LogP contribution in [0.2, 0.25) is 0 Å². The minimum Gasteiger partial charge on any atom is -0.481 e. The number of ketones is 1. The molecule has 4 rings (SSSR count). The minimum atomic E-state index is -0.898. The summed E-state index contributed by atoms with van der Waals surface area (Å²) in [5.41, 5.74) is 3.74. The molecular weight excluding hydrogens is 458 g/mol. The lowest BCUT2D eigenvalue weighted by Crippen LogP contribution is -2.07. The van der Waals surface area contributed by atoms with Crippen LogP contribution in [-0.4, -0.2) is 36.7 Å². The zero-order valence-corrected chi connectivity index (χ0v) is 19.7. The van der Waals surface area contributed by atoms with Crippen molar-refractivity contribution in [3.8, 4) is 23.2 Å². The van der Waals surface area contributed by atoms with Crippen LogP contribution < -0.4 is 0 Å². The third-order valence-corrected chi connectivity index (χ3v) is 5.53. The van der Waals surface area contributed by atoms with Gasteiger partial charge in [0.1, 0.15) is 17.6 Å². The molecule has 0 saturated carbocycles. The quantitative estimate of drug-likeness (QED) is 0.266. The van der Waals surface area contributed by atoms with Crippen LogP contribution in [0.25, 0.3) is 11.3 Å². The number of aliphatic hydroxyl groups excluding tert-OH is 1. The zero-order valence-electron chi connectivity index (χ0n) is 19.7. The van der Waals surface area contributed by atoms with Gasteiger partial charge in [-0.05, 0) is 49.7 Å². The monoisotopic (exact) mass is 483 g/mol. The van der Waals surface area contributed by atoms with E-state index in [4.69, 9.17) is 9.63 Å². The Bertz CT molecular complexity index is 1400. The molecule has 0 unspecified atom stereocenters. The number of carbonyl (C=O) groups is 2. The highest BCUT2D eigenvalue weighted by Crippen LogP contribution is 2.22. The summed E-state index contributed by atoms with van der Waals surface area (Å²) in [6.07, 6.45) is 3.29. The number of aromatic nitrogens is 3. The molecule has 0 aliphatic carbocycles. The molecular formula is C28H25N3O5. The van der Waals surface area contributed by atoms with Crippen LogP contribution in [0.15, 0.2) is 71.5 Å². The summed E-state index contributed by atoms with van der Waals surface area (Å²) >= 11 is 0. The highest BCUT2D eigenvalue weighted by Gasteiger charge is 2.12. The van der Waals surface area contributed by atoms with Gasteiger partial charge in [0.15, 0.2) is 11.5 Å². The Morgan fingerprint density at radius 3 is 2.33 bits per heavy atom. The Balaban J connectivity index is 1.37. The normalized spacial score (nSPS) is 11.5. The van der Waals surface area contributed by atoms with E-state index in [9.17, 15) is 14.7 Å². The number of carbonyl (C=O) groups excluding carboxylic acids is 1. The molecule has 0 saturated heterocycles. The van der Waals surface area contributed by atoms with Crippen molar-refractivity contribution >= 4 is 11.8 Å². The summed E-state index contributed by atoms with van der Waals surface area (Å²) in [6.45, 7) is 2.11. The number of aliphatic carboxylic acids is 1. The summed E-state index contributed by atoms with van der Waals surface area (Å²) in [7, 11) is 0. The molecule has 36 heavy (non-hydrogen) atoms. The third kappa shape index (κ3) is 6.34. The van der Waals surface area contributed by atoms with E-state index in [0.29, 0.717) is 30.1 Å². The van der Waals surface area contributed by atoms with Crippen LogP contribution in [0.5, 0.6) is 0 Å². The van der Waals surface area contributed by atoms with E-state index in [-0.39, 0.29) is 18.6 Å². The Morgan fingerprint density at radius 2 is 1.69 bits per heavy atom. The molecule has 2 aromatic heterocycles. The number of nitrogens with zero attached hydrogens (tertiary/aromatic N) is 3. The molecule has 2 heterocycles. The molecule has 0 aliphatic rings. The molecule has 182 valence electrons. The second kappa shape index (κ2) is 11.3. The van der Waals surface area contributed by atoms with Gasteiger partial charge in [-0.25, -0.2) is 4.98 Å². The Hall–Kier alpha value is -4.48. The Labute approximate surface area is 208 Å². The van der Waals surface area contributed by atoms with Gasteiger partial charge in [0.05, 0.1) is 6.54 Å². The number of carboxylic acid groups (broad SMARTS) is 1. The Morgan fingerprint density at radius 1 is 1.03 bits per heavy atom. The lowest BCUT2D eigenvalue weighted by molar-refractivity contribution is -0.137. The van der Waals surface area contributed by atoms with Crippen molar-refractivity contribution in [1.29, 1.82) is 0 Å². The van der Waals surface area contributed by atoms with Crippen molar-refractivity contribution in [3.05, 3.63) is 95.2 Å². The Kier molecular flexibility index (Phi) is 7.73. The number of carboxylic acids is 1. The minimum absolute atomic E-state index is 0.0119. The molecule has 4 aromatic rings. The van der Waals surface area contributed by atoms with E-state index < -0.39 is 12.1 Å². The van der Waals surface area contributed by atoms with Gasteiger partial charge in [0.25, 0.3) is 0 Å². The number of Topliss-reactive ketones (excluding diaryl/α,β-unsaturated/α-hetero) is 1. The summed E-state index contributed by atoms with van der Waals surface area (Å²) in [6, 6.07) is 16.5. The molecule has 0 aliphatic heterocycles. The molecule has 2 N–H and O–H groups in total. The van der Waals surface area contributed by atoms with E-state index in [1.54, 1.807) is 43.6 Å². The van der Waals surface area contributed by atoms with Crippen molar-refractivity contribution in [2.24, 2.45) is 0 Å². The van der Waals surface area contributed by atoms with Gasteiger partial charge >= 0.3 is 5.97 Å². The number of hydrogen-bond acceptors (Lipinski definition) is 6. The summed E-state index contributed by atoms with van der Waals surface area (Å²) in [4.78, 5) is 26.9. The predicted octanol–water partition coefficient (Wildman–Crippen LogP) is 4.48. The first-order valence-corrected chi connectivity index (χ1v) is 11.5. The maximum Gasteiger partial charge on any atom is 0.303 e. The molecule has 1 atom stereocenters. The van der Waals surface area contributed by atoms with Crippen LogP contribution in [0.4, 0.5) is 0 Å². The molecule has 0 amide bonds. The maximum atomic E-state index is 12.1. The van der Waals surface area contributed by atoms with E-state index in [1.165, 1.54) is 0 Å². The van der Waals surface area contributed by atoms with Crippen LogP contribution in [0.3, 0.4) is 0 Å². The second-order valence-corrected chi connectivity index (χ2v) is 8.35. The first-order valence-electron chi connectivity index (χ1n) is 11.5. The average molecular weight is 484 g/mol. The second-order valence-electron chi connectivity index (χ2n) is 8.35.